The summed E-state index contributed by atoms with van der Waals surface area (Å²) in [6.45, 7) is 10.2. The van der Waals surface area contributed by atoms with Crippen LogP contribution in [0.25, 0.3) is 10.8 Å². The number of rotatable bonds is 7. The quantitative estimate of drug-likeness (QED) is 0.309. The van der Waals surface area contributed by atoms with Crippen LogP contribution in [0.4, 0.5) is 4.53 Å². The number of benzene rings is 2. The number of likely N-dealkylation sites (tertiary alicyclic amines) is 1. The van der Waals surface area contributed by atoms with Gasteiger partial charge in [-0.2, -0.15) is 0 Å². The number of hydrogen-bond donors (Lipinski definition) is 1. The Balaban J connectivity index is 0.000000232. The van der Waals surface area contributed by atoms with Crippen LogP contribution in [0.3, 0.4) is 0 Å². The van der Waals surface area contributed by atoms with E-state index in [9.17, 15) is 9.63 Å². The molecule has 0 amide bonds. The molecule has 1 heterocycles. The van der Waals surface area contributed by atoms with E-state index in [-0.39, 0.29) is 6.47 Å². The van der Waals surface area contributed by atoms with Crippen LogP contribution < -0.4 is 0 Å². The molecule has 196 valence electrons. The van der Waals surface area contributed by atoms with E-state index in [1.54, 1.807) is 6.07 Å². The molecular weight excluding hydrogens is 460 g/mol. The van der Waals surface area contributed by atoms with Crippen molar-refractivity contribution in [2.75, 3.05) is 25.4 Å². The summed E-state index contributed by atoms with van der Waals surface area (Å²) < 4.78 is 9.85. The van der Waals surface area contributed by atoms with E-state index in [0.29, 0.717) is 5.75 Å². The summed E-state index contributed by atoms with van der Waals surface area (Å²) in [6, 6.07) is 12.1. The van der Waals surface area contributed by atoms with Crippen LogP contribution in [0.15, 0.2) is 36.4 Å². The molecule has 0 bridgehead atoms. The predicted molar refractivity (Wildman–Crippen MR) is 147 cm³/mol. The minimum absolute atomic E-state index is 0.292. The van der Waals surface area contributed by atoms with Gasteiger partial charge in [0.1, 0.15) is 5.75 Å². The van der Waals surface area contributed by atoms with Crippen LogP contribution in [-0.4, -0.2) is 41.9 Å². The fourth-order valence-corrected chi connectivity index (χ4v) is 6.39. The number of hydrogen-bond acceptors (Lipinski definition) is 4. The van der Waals surface area contributed by atoms with E-state index in [1.807, 2.05) is 12.1 Å². The third kappa shape index (κ3) is 12.2. The minimum atomic E-state index is -0.292. The first-order chi connectivity index (χ1) is 16.9. The zero-order valence-corrected chi connectivity index (χ0v) is 22.8. The van der Waals surface area contributed by atoms with Gasteiger partial charge in [-0.25, -0.2) is 0 Å². The van der Waals surface area contributed by atoms with Gasteiger partial charge in [-0.15, -0.1) is 8.58 Å². The number of carbonyl (C=O) groups excluding carboxylic acids is 1. The normalized spacial score (nSPS) is 17.6. The number of carbonyl (C=O) groups is 1. The summed E-state index contributed by atoms with van der Waals surface area (Å²) in [5.41, 5.74) is 1.37. The third-order valence-corrected chi connectivity index (χ3v) is 8.89. The van der Waals surface area contributed by atoms with Gasteiger partial charge >= 0.3 is 6.47 Å². The van der Waals surface area contributed by atoms with Crippen LogP contribution in [0, 0.1) is 17.8 Å². The van der Waals surface area contributed by atoms with Gasteiger partial charge in [-0.3, -0.25) is 14.6 Å². The molecule has 0 spiro atoms. The van der Waals surface area contributed by atoms with Crippen molar-refractivity contribution in [1.29, 1.82) is 0 Å². The van der Waals surface area contributed by atoms with Crippen molar-refractivity contribution in [3.8, 4) is 5.75 Å². The van der Waals surface area contributed by atoms with Gasteiger partial charge in [0.2, 0.25) is 0 Å². The van der Waals surface area contributed by atoms with Crippen molar-refractivity contribution in [3.05, 3.63) is 42.0 Å². The van der Waals surface area contributed by atoms with E-state index in [0.717, 1.165) is 29.7 Å². The second kappa shape index (κ2) is 16.9. The highest BCUT2D eigenvalue weighted by atomic mass is 31.1. The van der Waals surface area contributed by atoms with E-state index >= 15 is 0 Å². The summed E-state index contributed by atoms with van der Waals surface area (Å²) in [4.78, 5) is 13.5. The second-order valence-electron chi connectivity index (χ2n) is 10.6. The van der Waals surface area contributed by atoms with Crippen LogP contribution in [-0.2, 0) is 16.3 Å². The molecule has 1 aliphatic carbocycles. The minimum Gasteiger partial charge on any atom is -0.508 e. The molecule has 1 saturated heterocycles. The van der Waals surface area contributed by atoms with Crippen molar-refractivity contribution >= 4 is 25.8 Å². The number of halogens is 1. The highest BCUT2D eigenvalue weighted by Gasteiger charge is 2.15. The molecule has 2 fully saturated rings. The lowest BCUT2D eigenvalue weighted by atomic mass is 9.91. The number of phenols is 1. The molecule has 1 unspecified atom stereocenters. The number of fused-ring (bicyclic) bond motifs is 1. The van der Waals surface area contributed by atoms with Crippen LogP contribution in [0.2, 0.25) is 0 Å². The Kier molecular flexibility index (Phi) is 14.2. The molecule has 0 aromatic heterocycles. The van der Waals surface area contributed by atoms with E-state index < -0.39 is 0 Å². The van der Waals surface area contributed by atoms with E-state index in [1.165, 1.54) is 89.9 Å². The van der Waals surface area contributed by atoms with Gasteiger partial charge in [0, 0.05) is 11.1 Å². The van der Waals surface area contributed by atoms with Crippen molar-refractivity contribution in [3.63, 3.8) is 0 Å². The highest BCUT2D eigenvalue weighted by molar-refractivity contribution is 7.37. The first-order valence-corrected chi connectivity index (χ1v) is 14.7. The summed E-state index contributed by atoms with van der Waals surface area (Å²) in [5.74, 6) is 3.25. The maximum absolute atomic E-state index is 9.85. The maximum Gasteiger partial charge on any atom is 0.337 e. The Labute approximate surface area is 213 Å². The lowest BCUT2D eigenvalue weighted by Gasteiger charge is -2.30. The molecule has 2 aromatic carbocycles. The summed E-state index contributed by atoms with van der Waals surface area (Å²) in [5, 5.41) is 11.8. The Morgan fingerprint density at radius 3 is 2.31 bits per heavy atom. The van der Waals surface area contributed by atoms with Crippen molar-refractivity contribution in [2.45, 2.75) is 72.3 Å². The molecule has 2 aromatic rings. The Morgan fingerprint density at radius 2 is 1.69 bits per heavy atom. The Morgan fingerprint density at radius 1 is 1.06 bits per heavy atom. The average molecular weight is 506 g/mol. The molecule has 0 radical (unpaired) electrons. The Hall–Kier alpha value is -1.71. The van der Waals surface area contributed by atoms with Crippen molar-refractivity contribution < 1.29 is 19.4 Å². The maximum atomic E-state index is 9.85. The van der Waals surface area contributed by atoms with Crippen molar-refractivity contribution in [1.82, 2.24) is 4.90 Å². The molecule has 1 N–H and O–H groups in total. The smallest absolute Gasteiger partial charge is 0.337 e. The molecule has 2 aliphatic rings. The van der Waals surface area contributed by atoms with Gasteiger partial charge in [0.15, 0.2) is 0 Å². The van der Waals surface area contributed by atoms with E-state index in [4.69, 9.17) is 4.79 Å². The summed E-state index contributed by atoms with van der Waals surface area (Å²) >= 11 is 0. The fourth-order valence-electron chi connectivity index (χ4n) is 4.83. The third-order valence-electron chi connectivity index (χ3n) is 6.92. The number of piperidine rings is 1. The van der Waals surface area contributed by atoms with Gasteiger partial charge in [0.25, 0.3) is 0 Å². The molecule has 35 heavy (non-hydrogen) atoms. The second-order valence-corrected chi connectivity index (χ2v) is 11.9. The number of aromatic hydroxyl groups is 1. The lowest BCUT2D eigenvalue weighted by Crippen LogP contribution is -2.32. The average Bonchev–Trinajstić information content (AvgIpc) is 2.86. The first-order valence-electron chi connectivity index (χ1n) is 13.3. The van der Waals surface area contributed by atoms with Crippen LogP contribution in [0.5, 0.6) is 5.75 Å². The van der Waals surface area contributed by atoms with Crippen LogP contribution >= 0.6 is 8.58 Å². The Bertz CT molecular complexity index is 849. The fraction of sp³-hybridized carbons (Fsp3) is 0.621. The highest BCUT2D eigenvalue weighted by Crippen LogP contribution is 2.30. The molecule has 4 rings (SSSR count). The molecular formula is C29H45FNO3P. The van der Waals surface area contributed by atoms with Gasteiger partial charge in [-0.1, -0.05) is 71.1 Å². The standard InChI is InChI=1S/C17H21NO.C11H23P.CHFO2/c1-13-6-8-18(9-7-13)12-14-2-3-16-11-17(19)5-4-15(16)10-14;1-10(2)8-12-9-11-6-4-3-5-7-11;2-4-1-3/h2-5,10-11,13,19H,6-9,12H2,1H3;10-12H,3-9H2,1-2H3;1H. The number of nitrogens with zero attached hydrogens (tertiary/aromatic N) is 1. The SMILES string of the molecule is CC(C)CPCC1CCCCC1.CC1CCN(Cc2ccc3cc(O)ccc3c2)CC1.O=COF. The monoisotopic (exact) mass is 505 g/mol. The molecule has 6 heteroatoms. The molecule has 4 nitrogen and oxygen atoms in total. The van der Waals surface area contributed by atoms with Gasteiger partial charge < -0.3 is 5.11 Å². The lowest BCUT2D eigenvalue weighted by molar-refractivity contribution is -0.165. The number of phenolic OH excluding ortho intramolecular Hbond substituents is 1. The zero-order valence-electron chi connectivity index (χ0n) is 21.8. The summed E-state index contributed by atoms with van der Waals surface area (Å²) in [6.07, 6.45) is 13.2. The van der Waals surface area contributed by atoms with Gasteiger partial charge in [-0.05, 0) is 90.5 Å². The topological polar surface area (TPSA) is 49.8 Å². The predicted octanol–water partition coefficient (Wildman–Crippen LogP) is 7.72. The van der Waals surface area contributed by atoms with E-state index in [2.05, 4.69) is 48.8 Å². The molecule has 1 aliphatic heterocycles. The van der Waals surface area contributed by atoms with Crippen molar-refractivity contribution in [2.24, 2.45) is 17.8 Å². The first kappa shape index (κ1) is 29.5. The molecule has 1 atom stereocenters. The zero-order chi connectivity index (χ0) is 25.5. The van der Waals surface area contributed by atoms with Crippen LogP contribution in [0.1, 0.15) is 71.3 Å². The molecule has 1 saturated carbocycles. The summed E-state index contributed by atoms with van der Waals surface area (Å²) in [7, 11) is 1.24. The largest absolute Gasteiger partial charge is 0.508 e. The van der Waals surface area contributed by atoms with Gasteiger partial charge in [0.05, 0.1) is 0 Å².